The molecule has 26 heavy (non-hydrogen) atoms. The Morgan fingerprint density at radius 1 is 1.04 bits per heavy atom. The van der Waals surface area contributed by atoms with Crippen molar-refractivity contribution < 1.29 is 14.4 Å². The lowest BCUT2D eigenvalue weighted by atomic mass is 10.1. The minimum Gasteiger partial charge on any atom is -0.361 e. The maximum atomic E-state index is 12.4. The third-order valence-corrected chi connectivity index (χ3v) is 4.90. The highest BCUT2D eigenvalue weighted by Crippen LogP contribution is 2.31. The number of benzene rings is 2. The van der Waals surface area contributed by atoms with E-state index >= 15 is 0 Å². The van der Waals surface area contributed by atoms with E-state index < -0.39 is 24.3 Å². The van der Waals surface area contributed by atoms with Gasteiger partial charge in [-0.15, -0.1) is 0 Å². The molecule has 8 heteroatoms. The summed E-state index contributed by atoms with van der Waals surface area (Å²) in [5.74, 6) is -1.62. The van der Waals surface area contributed by atoms with Crippen LogP contribution in [0.2, 0.25) is 10.0 Å². The van der Waals surface area contributed by atoms with Gasteiger partial charge in [-0.05, 0) is 30.3 Å². The van der Waals surface area contributed by atoms with Crippen LogP contribution in [0.5, 0.6) is 0 Å². The van der Waals surface area contributed by atoms with Gasteiger partial charge in [0, 0.05) is 17.1 Å². The number of hydrogen-bond acceptors (Lipinski definition) is 3. The van der Waals surface area contributed by atoms with Gasteiger partial charge in [-0.25, -0.2) is 0 Å². The number of H-pyrrole nitrogens is 1. The summed E-state index contributed by atoms with van der Waals surface area (Å²) in [5.41, 5.74) is 1.75. The van der Waals surface area contributed by atoms with Crippen LogP contribution in [0.25, 0.3) is 10.9 Å². The van der Waals surface area contributed by atoms with Crippen LogP contribution in [0.15, 0.2) is 42.6 Å². The summed E-state index contributed by atoms with van der Waals surface area (Å²) in [5, 5.41) is 3.92. The summed E-state index contributed by atoms with van der Waals surface area (Å²) in [6.45, 7) is -0.400. The number of amides is 3. The summed E-state index contributed by atoms with van der Waals surface area (Å²) in [6.07, 6.45) is 1.76. The molecule has 6 nitrogen and oxygen atoms in total. The van der Waals surface area contributed by atoms with E-state index in [1.165, 1.54) is 12.1 Å². The minimum absolute atomic E-state index is 0.143. The molecule has 0 spiro atoms. The molecule has 0 bridgehead atoms. The molecule has 1 aromatic heterocycles. The second-order valence-electron chi connectivity index (χ2n) is 5.80. The number of halogens is 2. The highest BCUT2D eigenvalue weighted by Gasteiger charge is 2.37. The zero-order valence-corrected chi connectivity index (χ0v) is 14.7. The number of rotatable bonds is 3. The van der Waals surface area contributed by atoms with Crippen LogP contribution < -0.4 is 5.32 Å². The quantitative estimate of drug-likeness (QED) is 0.672. The fourth-order valence-corrected chi connectivity index (χ4v) is 3.28. The fourth-order valence-electron chi connectivity index (χ4n) is 2.96. The molecule has 3 aromatic rings. The molecule has 0 aliphatic carbocycles. The van der Waals surface area contributed by atoms with Crippen molar-refractivity contribution in [1.29, 1.82) is 0 Å². The van der Waals surface area contributed by atoms with Gasteiger partial charge in [0.25, 0.3) is 11.8 Å². The van der Waals surface area contributed by atoms with E-state index in [4.69, 9.17) is 23.2 Å². The van der Waals surface area contributed by atoms with E-state index in [-0.39, 0.29) is 21.2 Å². The van der Waals surface area contributed by atoms with E-state index in [1.54, 1.807) is 18.3 Å². The largest absolute Gasteiger partial charge is 0.361 e. The Bertz CT molecular complexity index is 1050. The fraction of sp³-hybridized carbons (Fsp3) is 0.0556. The zero-order chi connectivity index (χ0) is 18.4. The monoisotopic (exact) mass is 387 g/mol. The molecule has 0 saturated heterocycles. The number of carbonyl (C=O) groups is 3. The second-order valence-corrected chi connectivity index (χ2v) is 6.62. The number of carbonyl (C=O) groups excluding carboxylic acids is 3. The van der Waals surface area contributed by atoms with Crippen molar-refractivity contribution in [3.63, 3.8) is 0 Å². The van der Waals surface area contributed by atoms with Gasteiger partial charge in [0.1, 0.15) is 6.54 Å². The molecule has 1 aliphatic rings. The van der Waals surface area contributed by atoms with Gasteiger partial charge in [0.15, 0.2) is 0 Å². The molecular formula is C18H11Cl2N3O3. The molecule has 0 radical (unpaired) electrons. The first-order valence-electron chi connectivity index (χ1n) is 7.67. The highest BCUT2D eigenvalue weighted by atomic mass is 35.5. The molecule has 0 atom stereocenters. The van der Waals surface area contributed by atoms with Crippen molar-refractivity contribution in [2.24, 2.45) is 0 Å². The first-order valence-corrected chi connectivity index (χ1v) is 8.42. The molecular weight excluding hydrogens is 377 g/mol. The van der Waals surface area contributed by atoms with Crippen molar-refractivity contribution in [2.45, 2.75) is 0 Å². The van der Waals surface area contributed by atoms with Gasteiger partial charge in [-0.3, -0.25) is 19.3 Å². The lowest BCUT2D eigenvalue weighted by Crippen LogP contribution is -2.37. The topological polar surface area (TPSA) is 82.3 Å². The molecule has 4 rings (SSSR count). The van der Waals surface area contributed by atoms with Crippen LogP contribution in [-0.2, 0) is 4.79 Å². The van der Waals surface area contributed by atoms with Crippen molar-refractivity contribution in [3.05, 3.63) is 63.8 Å². The molecule has 1 aliphatic heterocycles. The lowest BCUT2D eigenvalue weighted by molar-refractivity contribution is -0.116. The van der Waals surface area contributed by atoms with Crippen LogP contribution in [0.3, 0.4) is 0 Å². The van der Waals surface area contributed by atoms with Crippen molar-refractivity contribution >= 4 is 57.5 Å². The summed E-state index contributed by atoms with van der Waals surface area (Å²) in [6, 6.07) is 9.94. The summed E-state index contributed by atoms with van der Waals surface area (Å²) >= 11 is 11.8. The molecule has 0 saturated carbocycles. The van der Waals surface area contributed by atoms with Gasteiger partial charge >= 0.3 is 0 Å². The maximum absolute atomic E-state index is 12.4. The number of anilines is 1. The van der Waals surface area contributed by atoms with Crippen molar-refractivity contribution in [2.75, 3.05) is 11.9 Å². The second kappa shape index (κ2) is 6.16. The molecule has 2 heterocycles. The molecule has 2 N–H and O–H groups in total. The number of aromatic nitrogens is 1. The van der Waals surface area contributed by atoms with Crippen LogP contribution in [-0.4, -0.2) is 34.2 Å². The Hall–Kier alpha value is -2.83. The minimum atomic E-state index is -0.571. The van der Waals surface area contributed by atoms with Gasteiger partial charge in [0.2, 0.25) is 5.91 Å². The van der Waals surface area contributed by atoms with E-state index in [0.29, 0.717) is 5.69 Å². The van der Waals surface area contributed by atoms with E-state index in [2.05, 4.69) is 10.3 Å². The molecule has 0 unspecified atom stereocenters. The SMILES string of the molecule is O=C(CN1C(=O)c2cc(Cl)c(Cl)cc2C1=O)Nc1cccc2[nH]ccc12. The Kier molecular flexibility index (Phi) is 3.94. The van der Waals surface area contributed by atoms with Crippen LogP contribution >= 0.6 is 23.2 Å². The number of nitrogens with zero attached hydrogens (tertiary/aromatic N) is 1. The van der Waals surface area contributed by atoms with Crippen LogP contribution in [0.1, 0.15) is 20.7 Å². The smallest absolute Gasteiger partial charge is 0.262 e. The molecule has 3 amide bonds. The maximum Gasteiger partial charge on any atom is 0.262 e. The van der Waals surface area contributed by atoms with Gasteiger partial charge in [0.05, 0.1) is 26.9 Å². The lowest BCUT2D eigenvalue weighted by Gasteiger charge is -2.14. The third-order valence-electron chi connectivity index (χ3n) is 4.18. The standard InChI is InChI=1S/C18H11Cl2N3O3/c19-12-6-10-11(7-13(12)20)18(26)23(17(10)25)8-16(24)22-15-3-1-2-14-9(15)4-5-21-14/h1-7,21H,8H2,(H,22,24). The Balaban J connectivity index is 1.56. The number of fused-ring (bicyclic) bond motifs is 2. The van der Waals surface area contributed by atoms with Crippen LogP contribution in [0.4, 0.5) is 5.69 Å². The third kappa shape index (κ3) is 2.64. The van der Waals surface area contributed by atoms with Gasteiger partial charge in [-0.2, -0.15) is 0 Å². The summed E-state index contributed by atoms with van der Waals surface area (Å²) in [7, 11) is 0. The zero-order valence-electron chi connectivity index (χ0n) is 13.2. The Labute approximate surface area is 157 Å². The molecule has 0 fully saturated rings. The van der Waals surface area contributed by atoms with Crippen LogP contribution in [0, 0.1) is 0 Å². The average Bonchev–Trinajstić information content (AvgIpc) is 3.17. The highest BCUT2D eigenvalue weighted by molar-refractivity contribution is 6.43. The predicted molar refractivity (Wildman–Crippen MR) is 98.8 cm³/mol. The number of aromatic amines is 1. The van der Waals surface area contributed by atoms with Gasteiger partial charge in [-0.1, -0.05) is 29.3 Å². The van der Waals surface area contributed by atoms with E-state index in [1.807, 2.05) is 12.1 Å². The van der Waals surface area contributed by atoms with E-state index in [0.717, 1.165) is 15.8 Å². The normalized spacial score (nSPS) is 13.4. The Morgan fingerprint density at radius 2 is 1.69 bits per heavy atom. The first kappa shape index (κ1) is 16.6. The summed E-state index contributed by atoms with van der Waals surface area (Å²) in [4.78, 5) is 41.2. The number of imide groups is 1. The molecule has 2 aromatic carbocycles. The number of hydrogen-bond donors (Lipinski definition) is 2. The van der Waals surface area contributed by atoms with Crippen molar-refractivity contribution in [1.82, 2.24) is 9.88 Å². The molecule has 130 valence electrons. The first-order chi connectivity index (χ1) is 12.5. The predicted octanol–water partition coefficient (Wildman–Crippen LogP) is 3.71. The van der Waals surface area contributed by atoms with E-state index in [9.17, 15) is 14.4 Å². The summed E-state index contributed by atoms with van der Waals surface area (Å²) < 4.78 is 0. The Morgan fingerprint density at radius 3 is 2.35 bits per heavy atom. The average molecular weight is 388 g/mol. The van der Waals surface area contributed by atoms with Gasteiger partial charge < -0.3 is 10.3 Å². The number of nitrogens with one attached hydrogen (secondary N) is 2. The van der Waals surface area contributed by atoms with Crippen molar-refractivity contribution in [3.8, 4) is 0 Å².